The van der Waals surface area contributed by atoms with Crippen molar-refractivity contribution in [3.63, 3.8) is 0 Å². The van der Waals surface area contributed by atoms with Crippen LogP contribution in [0.3, 0.4) is 0 Å². The SMILES string of the molecule is COC1(c2nc(N)c3c4c(sc3n2)CCCC4)CCC1. The smallest absolute Gasteiger partial charge is 0.164 e. The Morgan fingerprint density at radius 2 is 1.95 bits per heavy atom. The summed E-state index contributed by atoms with van der Waals surface area (Å²) >= 11 is 1.80. The number of ether oxygens (including phenoxy) is 1. The van der Waals surface area contributed by atoms with Crippen LogP contribution in [0, 0.1) is 0 Å². The topological polar surface area (TPSA) is 61.0 Å². The highest BCUT2D eigenvalue weighted by molar-refractivity contribution is 7.19. The van der Waals surface area contributed by atoms with E-state index in [0.717, 1.165) is 35.3 Å². The molecule has 0 spiro atoms. The maximum Gasteiger partial charge on any atom is 0.164 e. The van der Waals surface area contributed by atoms with Crippen LogP contribution in [0.25, 0.3) is 10.2 Å². The van der Waals surface area contributed by atoms with Crippen molar-refractivity contribution in [2.75, 3.05) is 12.8 Å². The number of hydrogen-bond donors (Lipinski definition) is 1. The number of nitrogens with two attached hydrogens (primary N) is 1. The minimum absolute atomic E-state index is 0.285. The Kier molecular flexibility index (Phi) is 2.76. The molecule has 0 radical (unpaired) electrons. The Morgan fingerprint density at radius 3 is 2.65 bits per heavy atom. The molecular formula is C15H19N3OS. The molecule has 0 bridgehead atoms. The number of anilines is 1. The van der Waals surface area contributed by atoms with Crippen LogP contribution in [0.4, 0.5) is 5.82 Å². The van der Waals surface area contributed by atoms with E-state index >= 15 is 0 Å². The Labute approximate surface area is 122 Å². The van der Waals surface area contributed by atoms with Crippen LogP contribution >= 0.6 is 11.3 Å². The summed E-state index contributed by atoms with van der Waals surface area (Å²) in [5.41, 5.74) is 7.37. The van der Waals surface area contributed by atoms with Gasteiger partial charge in [0.1, 0.15) is 16.2 Å². The number of nitrogen functional groups attached to an aromatic ring is 1. The lowest BCUT2D eigenvalue weighted by molar-refractivity contribution is -0.0842. The Balaban J connectivity index is 1.90. The molecule has 4 nitrogen and oxygen atoms in total. The van der Waals surface area contributed by atoms with Crippen molar-refractivity contribution in [2.24, 2.45) is 0 Å². The van der Waals surface area contributed by atoms with Crippen molar-refractivity contribution < 1.29 is 4.74 Å². The third-order valence-electron chi connectivity index (χ3n) is 4.80. The molecule has 20 heavy (non-hydrogen) atoms. The zero-order valence-electron chi connectivity index (χ0n) is 11.7. The van der Waals surface area contributed by atoms with Crippen molar-refractivity contribution in [2.45, 2.75) is 50.5 Å². The average molecular weight is 289 g/mol. The standard InChI is InChI=1S/C15H19N3OS/c1-19-15(7-4-8-15)14-17-12(16)11-9-5-2-3-6-10(9)20-13(11)18-14/h2-8H2,1H3,(H2,16,17,18). The Bertz CT molecular complexity index is 670. The number of nitrogens with zero attached hydrogens (tertiary/aromatic N) is 2. The van der Waals surface area contributed by atoms with Gasteiger partial charge in [-0.15, -0.1) is 11.3 Å². The van der Waals surface area contributed by atoms with Crippen LogP contribution in [0.2, 0.25) is 0 Å². The summed E-state index contributed by atoms with van der Waals surface area (Å²) in [7, 11) is 1.75. The molecule has 5 heteroatoms. The Hall–Kier alpha value is -1.20. The molecule has 0 atom stereocenters. The number of methoxy groups -OCH3 is 1. The number of rotatable bonds is 2. The highest BCUT2D eigenvalue weighted by Crippen LogP contribution is 2.45. The highest BCUT2D eigenvalue weighted by atomic mass is 32.1. The fraction of sp³-hybridized carbons (Fsp3) is 0.600. The van der Waals surface area contributed by atoms with Crippen molar-refractivity contribution in [1.29, 1.82) is 0 Å². The van der Waals surface area contributed by atoms with E-state index in [9.17, 15) is 0 Å². The predicted octanol–water partition coefficient (Wildman–Crippen LogP) is 3.18. The van der Waals surface area contributed by atoms with Crippen LogP contribution in [0.15, 0.2) is 0 Å². The van der Waals surface area contributed by atoms with Gasteiger partial charge in [-0.2, -0.15) is 0 Å². The molecule has 2 aliphatic carbocycles. The average Bonchev–Trinajstić information content (AvgIpc) is 2.76. The Morgan fingerprint density at radius 1 is 1.15 bits per heavy atom. The molecule has 1 saturated carbocycles. The molecule has 0 amide bonds. The molecule has 2 N–H and O–H groups in total. The second-order valence-corrected chi connectivity index (χ2v) is 6.96. The maximum atomic E-state index is 6.26. The molecule has 0 unspecified atom stereocenters. The number of thiophene rings is 1. The second kappa shape index (κ2) is 4.40. The first-order chi connectivity index (χ1) is 9.73. The molecule has 2 aromatic rings. The molecule has 0 aliphatic heterocycles. The normalized spacial score (nSPS) is 20.6. The molecule has 2 heterocycles. The third-order valence-corrected chi connectivity index (χ3v) is 5.99. The van der Waals surface area contributed by atoms with Crippen LogP contribution in [0.1, 0.15) is 48.4 Å². The molecule has 0 saturated heterocycles. The van der Waals surface area contributed by atoms with Gasteiger partial charge in [0.05, 0.1) is 5.39 Å². The molecular weight excluding hydrogens is 270 g/mol. The summed E-state index contributed by atoms with van der Waals surface area (Å²) in [5, 5.41) is 1.11. The predicted molar refractivity (Wildman–Crippen MR) is 81.0 cm³/mol. The summed E-state index contributed by atoms with van der Waals surface area (Å²) in [6, 6.07) is 0. The summed E-state index contributed by atoms with van der Waals surface area (Å²) in [6.45, 7) is 0. The summed E-state index contributed by atoms with van der Waals surface area (Å²) in [6.07, 6.45) is 8.00. The van der Waals surface area contributed by atoms with Gasteiger partial charge >= 0.3 is 0 Å². The molecule has 2 aliphatic rings. The van der Waals surface area contributed by atoms with Crippen molar-refractivity contribution >= 4 is 27.4 Å². The van der Waals surface area contributed by atoms with E-state index in [1.165, 1.54) is 36.1 Å². The van der Waals surface area contributed by atoms with Gasteiger partial charge in [0.25, 0.3) is 0 Å². The zero-order valence-corrected chi connectivity index (χ0v) is 12.6. The van der Waals surface area contributed by atoms with Crippen molar-refractivity contribution in [3.05, 3.63) is 16.3 Å². The minimum atomic E-state index is -0.285. The van der Waals surface area contributed by atoms with Crippen LogP contribution < -0.4 is 5.73 Å². The lowest BCUT2D eigenvalue weighted by atomic mass is 9.79. The van der Waals surface area contributed by atoms with Gasteiger partial charge in [-0.1, -0.05) is 0 Å². The van der Waals surface area contributed by atoms with E-state index in [4.69, 9.17) is 15.5 Å². The third kappa shape index (κ3) is 1.63. The lowest BCUT2D eigenvalue weighted by Crippen LogP contribution is -2.38. The van der Waals surface area contributed by atoms with Gasteiger partial charge in [-0.3, -0.25) is 0 Å². The second-order valence-electron chi connectivity index (χ2n) is 5.88. The lowest BCUT2D eigenvalue weighted by Gasteiger charge is -2.38. The van der Waals surface area contributed by atoms with Gasteiger partial charge in [0, 0.05) is 12.0 Å². The number of fused-ring (bicyclic) bond motifs is 3. The summed E-state index contributed by atoms with van der Waals surface area (Å²) in [5.74, 6) is 1.43. The van der Waals surface area contributed by atoms with Gasteiger partial charge in [0.2, 0.25) is 0 Å². The first kappa shape index (κ1) is 12.5. The van der Waals surface area contributed by atoms with Crippen LogP contribution in [0.5, 0.6) is 0 Å². The van der Waals surface area contributed by atoms with Crippen LogP contribution in [-0.2, 0) is 23.2 Å². The molecule has 106 valence electrons. The minimum Gasteiger partial charge on any atom is -0.383 e. The molecule has 4 rings (SSSR count). The van der Waals surface area contributed by atoms with E-state index in [1.807, 2.05) is 0 Å². The van der Waals surface area contributed by atoms with E-state index < -0.39 is 0 Å². The number of hydrogen-bond acceptors (Lipinski definition) is 5. The fourth-order valence-electron chi connectivity index (χ4n) is 3.41. The maximum absolute atomic E-state index is 6.26. The molecule has 2 aromatic heterocycles. The molecule has 0 aromatic carbocycles. The van der Waals surface area contributed by atoms with E-state index in [1.54, 1.807) is 18.4 Å². The van der Waals surface area contributed by atoms with Crippen LogP contribution in [-0.4, -0.2) is 17.1 Å². The van der Waals surface area contributed by atoms with E-state index in [2.05, 4.69) is 4.98 Å². The summed E-state index contributed by atoms with van der Waals surface area (Å²) < 4.78 is 5.69. The van der Waals surface area contributed by atoms with E-state index in [-0.39, 0.29) is 5.60 Å². The fourth-order valence-corrected chi connectivity index (χ4v) is 4.68. The number of aryl methyl sites for hydroxylation is 2. The van der Waals surface area contributed by atoms with Gasteiger partial charge in [0.15, 0.2) is 5.82 Å². The van der Waals surface area contributed by atoms with Gasteiger partial charge in [-0.05, 0) is 50.5 Å². The highest BCUT2D eigenvalue weighted by Gasteiger charge is 2.42. The molecule has 1 fully saturated rings. The zero-order chi connectivity index (χ0) is 13.7. The van der Waals surface area contributed by atoms with E-state index in [0.29, 0.717) is 5.82 Å². The first-order valence-corrected chi connectivity index (χ1v) is 8.18. The van der Waals surface area contributed by atoms with Gasteiger partial charge in [-0.25, -0.2) is 9.97 Å². The quantitative estimate of drug-likeness (QED) is 0.922. The number of aromatic nitrogens is 2. The van der Waals surface area contributed by atoms with Crippen molar-refractivity contribution in [1.82, 2.24) is 9.97 Å². The summed E-state index contributed by atoms with van der Waals surface area (Å²) in [4.78, 5) is 11.9. The largest absolute Gasteiger partial charge is 0.383 e. The first-order valence-electron chi connectivity index (χ1n) is 7.37. The monoisotopic (exact) mass is 289 g/mol. The van der Waals surface area contributed by atoms with Crippen molar-refractivity contribution in [3.8, 4) is 0 Å². The van der Waals surface area contributed by atoms with Gasteiger partial charge < -0.3 is 10.5 Å².